The average Bonchev–Trinajstić information content (AvgIpc) is 3.56. The second kappa shape index (κ2) is 11.8. The van der Waals surface area contributed by atoms with Crippen molar-refractivity contribution in [2.75, 3.05) is 0 Å². The summed E-state index contributed by atoms with van der Waals surface area (Å²) in [6.45, 7) is 1.57. The zero-order chi connectivity index (χ0) is 29.1. The summed E-state index contributed by atoms with van der Waals surface area (Å²) in [5.74, 6) is -0.210. The number of carbonyl (C=O) groups excluding carboxylic acids is 1. The standard InChI is InChI=1S/C34H26ClN5O2/c1-23(41)25-9-5-10-26(18-25)27-11-6-12-28(19-27)31(17-24-7-3-2-4-8-24)34-15-13-29(21-40(34)42)32-20-30(35)14-16-33(32)39-22-36-37-38-39/h2-16,18-22,31H,17H2,1H3. The van der Waals surface area contributed by atoms with Crippen molar-refractivity contribution in [1.29, 1.82) is 0 Å². The molecule has 0 amide bonds. The van der Waals surface area contributed by atoms with Gasteiger partial charge in [0.1, 0.15) is 6.33 Å². The van der Waals surface area contributed by atoms with Gasteiger partial charge in [-0.05, 0) is 76.4 Å². The zero-order valence-corrected chi connectivity index (χ0v) is 23.5. The molecule has 0 fully saturated rings. The molecule has 206 valence electrons. The van der Waals surface area contributed by atoms with Gasteiger partial charge in [0.05, 0.1) is 11.6 Å². The van der Waals surface area contributed by atoms with Crippen molar-refractivity contribution >= 4 is 17.4 Å². The van der Waals surface area contributed by atoms with E-state index in [0.717, 1.165) is 32.5 Å². The molecule has 0 aliphatic carbocycles. The predicted octanol–water partition coefficient (Wildman–Crippen LogP) is 6.86. The van der Waals surface area contributed by atoms with Crippen LogP contribution in [0, 0.1) is 5.21 Å². The van der Waals surface area contributed by atoms with Gasteiger partial charge < -0.3 is 5.21 Å². The maximum atomic E-state index is 13.8. The van der Waals surface area contributed by atoms with Crippen LogP contribution in [0.1, 0.15) is 40.0 Å². The second-order valence-corrected chi connectivity index (χ2v) is 10.5. The summed E-state index contributed by atoms with van der Waals surface area (Å²) >= 11 is 6.35. The molecule has 1 unspecified atom stereocenters. The topological polar surface area (TPSA) is 87.6 Å². The minimum atomic E-state index is -0.228. The van der Waals surface area contributed by atoms with E-state index in [1.165, 1.54) is 6.33 Å². The number of halogens is 1. The lowest BCUT2D eigenvalue weighted by Crippen LogP contribution is -2.34. The van der Waals surface area contributed by atoms with E-state index in [1.54, 1.807) is 29.9 Å². The van der Waals surface area contributed by atoms with Crippen molar-refractivity contribution in [2.45, 2.75) is 19.3 Å². The summed E-state index contributed by atoms with van der Waals surface area (Å²) in [5, 5.41) is 25.8. The first-order valence-electron chi connectivity index (χ1n) is 13.5. The first kappa shape index (κ1) is 27.1. The summed E-state index contributed by atoms with van der Waals surface area (Å²) in [6.07, 6.45) is 3.71. The van der Waals surface area contributed by atoms with Crippen LogP contribution in [0.4, 0.5) is 0 Å². The summed E-state index contributed by atoms with van der Waals surface area (Å²) in [7, 11) is 0. The van der Waals surface area contributed by atoms with Crippen molar-refractivity contribution in [3.63, 3.8) is 0 Å². The number of carbonyl (C=O) groups is 1. The van der Waals surface area contributed by atoms with Gasteiger partial charge in [0.15, 0.2) is 12.0 Å². The molecule has 42 heavy (non-hydrogen) atoms. The maximum Gasteiger partial charge on any atom is 0.200 e. The van der Waals surface area contributed by atoms with E-state index in [-0.39, 0.29) is 11.7 Å². The van der Waals surface area contributed by atoms with Gasteiger partial charge in [-0.3, -0.25) is 4.79 Å². The summed E-state index contributed by atoms with van der Waals surface area (Å²) in [4.78, 5) is 12.0. The Hall–Kier alpha value is -5.14. The van der Waals surface area contributed by atoms with Crippen LogP contribution in [0.3, 0.4) is 0 Å². The molecule has 0 bridgehead atoms. The van der Waals surface area contributed by atoms with Gasteiger partial charge in [-0.1, -0.05) is 84.4 Å². The molecule has 2 heterocycles. The number of aromatic nitrogens is 5. The Bertz CT molecular complexity index is 1870. The molecule has 0 spiro atoms. The Morgan fingerprint density at radius 1 is 0.881 bits per heavy atom. The first-order chi connectivity index (χ1) is 20.5. The number of hydrogen-bond acceptors (Lipinski definition) is 5. The smallest absolute Gasteiger partial charge is 0.200 e. The molecule has 2 aromatic heterocycles. The van der Waals surface area contributed by atoms with E-state index in [4.69, 9.17) is 11.6 Å². The van der Waals surface area contributed by atoms with Crippen molar-refractivity contribution in [3.8, 4) is 27.9 Å². The lowest BCUT2D eigenvalue weighted by atomic mass is 9.86. The molecule has 6 aromatic rings. The van der Waals surface area contributed by atoms with E-state index < -0.39 is 0 Å². The lowest BCUT2D eigenvalue weighted by Gasteiger charge is -2.19. The van der Waals surface area contributed by atoms with Gasteiger partial charge in [-0.15, -0.1) is 5.10 Å². The van der Waals surface area contributed by atoms with Crippen LogP contribution in [0.15, 0.2) is 122 Å². The van der Waals surface area contributed by atoms with E-state index >= 15 is 0 Å². The largest absolute Gasteiger partial charge is 0.618 e. The van der Waals surface area contributed by atoms with Crippen LogP contribution in [0.25, 0.3) is 27.9 Å². The minimum absolute atomic E-state index is 0.0189. The number of Topliss-reactive ketones (excluding diaryl/α,β-unsaturated/α-hetero) is 1. The van der Waals surface area contributed by atoms with Crippen LogP contribution in [-0.4, -0.2) is 26.0 Å². The van der Waals surface area contributed by atoms with E-state index in [0.29, 0.717) is 34.0 Å². The van der Waals surface area contributed by atoms with Crippen LogP contribution >= 0.6 is 11.6 Å². The number of benzene rings is 4. The van der Waals surface area contributed by atoms with Gasteiger partial charge in [0.25, 0.3) is 0 Å². The number of ketones is 1. The van der Waals surface area contributed by atoms with Crippen molar-refractivity contribution in [2.24, 2.45) is 0 Å². The monoisotopic (exact) mass is 571 g/mol. The highest BCUT2D eigenvalue weighted by molar-refractivity contribution is 6.31. The molecular formula is C34H26ClN5O2. The number of pyridine rings is 1. The number of nitrogens with zero attached hydrogens (tertiary/aromatic N) is 5. The minimum Gasteiger partial charge on any atom is -0.618 e. The molecule has 1 atom stereocenters. The van der Waals surface area contributed by atoms with Gasteiger partial charge in [-0.2, -0.15) is 9.41 Å². The van der Waals surface area contributed by atoms with Crippen LogP contribution in [0.5, 0.6) is 0 Å². The van der Waals surface area contributed by atoms with Crippen molar-refractivity contribution in [1.82, 2.24) is 20.2 Å². The fraction of sp³-hybridized carbons (Fsp3) is 0.0882. The fourth-order valence-electron chi connectivity index (χ4n) is 5.23. The maximum absolute atomic E-state index is 13.8. The van der Waals surface area contributed by atoms with Crippen LogP contribution in [-0.2, 0) is 6.42 Å². The van der Waals surface area contributed by atoms with Gasteiger partial charge in [0.2, 0.25) is 5.69 Å². The third-order valence-corrected chi connectivity index (χ3v) is 7.58. The molecule has 8 heteroatoms. The fourth-order valence-corrected chi connectivity index (χ4v) is 5.40. The van der Waals surface area contributed by atoms with Crippen LogP contribution < -0.4 is 4.73 Å². The van der Waals surface area contributed by atoms with E-state index in [9.17, 15) is 10.0 Å². The Labute approximate surface area is 248 Å². The summed E-state index contributed by atoms with van der Waals surface area (Å²) < 4.78 is 2.48. The van der Waals surface area contributed by atoms with Crippen molar-refractivity contribution < 1.29 is 9.52 Å². The zero-order valence-electron chi connectivity index (χ0n) is 22.8. The molecule has 0 saturated carbocycles. The third-order valence-electron chi connectivity index (χ3n) is 7.34. The summed E-state index contributed by atoms with van der Waals surface area (Å²) in [6, 6.07) is 35.1. The van der Waals surface area contributed by atoms with E-state index in [1.807, 2.05) is 78.9 Å². The number of rotatable bonds is 8. The molecule has 0 aliphatic rings. The molecule has 0 saturated heterocycles. The highest BCUT2D eigenvalue weighted by Crippen LogP contribution is 2.33. The number of tetrazole rings is 1. The predicted molar refractivity (Wildman–Crippen MR) is 162 cm³/mol. The highest BCUT2D eigenvalue weighted by atomic mass is 35.5. The Morgan fingerprint density at radius 3 is 2.40 bits per heavy atom. The van der Waals surface area contributed by atoms with Gasteiger partial charge in [-0.25, -0.2) is 0 Å². The Morgan fingerprint density at radius 2 is 1.67 bits per heavy atom. The molecular weight excluding hydrogens is 546 g/mol. The van der Waals surface area contributed by atoms with Gasteiger partial charge >= 0.3 is 0 Å². The second-order valence-electron chi connectivity index (χ2n) is 10.1. The van der Waals surface area contributed by atoms with Gasteiger partial charge in [0, 0.05) is 27.8 Å². The Kier molecular flexibility index (Phi) is 7.58. The quantitative estimate of drug-likeness (QED) is 0.113. The lowest BCUT2D eigenvalue weighted by molar-refractivity contribution is -0.614. The molecule has 0 aliphatic heterocycles. The molecule has 0 radical (unpaired) electrons. The third kappa shape index (κ3) is 5.68. The Balaban J connectivity index is 1.43. The SMILES string of the molecule is CC(=O)c1cccc(-c2cccc(C(Cc3ccccc3)c3ccc(-c4cc(Cl)ccc4-n4cnnn4)c[n+]3[O-])c2)c1. The normalized spacial score (nSPS) is 11.8. The van der Waals surface area contributed by atoms with Crippen LogP contribution in [0.2, 0.25) is 5.02 Å². The number of hydrogen-bond donors (Lipinski definition) is 0. The molecule has 4 aromatic carbocycles. The van der Waals surface area contributed by atoms with E-state index in [2.05, 4.69) is 33.7 Å². The average molecular weight is 572 g/mol. The highest BCUT2D eigenvalue weighted by Gasteiger charge is 2.24. The molecule has 6 rings (SSSR count). The van der Waals surface area contributed by atoms with Crippen molar-refractivity contribution in [3.05, 3.63) is 154 Å². The molecule has 7 nitrogen and oxygen atoms in total. The molecule has 0 N–H and O–H groups in total. The first-order valence-corrected chi connectivity index (χ1v) is 13.9. The summed E-state index contributed by atoms with van der Waals surface area (Å²) in [5.41, 5.74) is 7.45.